The Hall–Kier alpha value is -1.34. The first kappa shape index (κ1) is 13.6. The second-order valence-corrected chi connectivity index (χ2v) is 6.01. The summed E-state index contributed by atoms with van der Waals surface area (Å²) in [7, 11) is 0. The smallest absolute Gasteiger partial charge is 0.148 e. The van der Waals surface area contributed by atoms with E-state index in [1.165, 1.54) is 23.1 Å². The molecule has 100 valence electrons. The van der Waals surface area contributed by atoms with Gasteiger partial charge in [0.1, 0.15) is 10.3 Å². The predicted octanol–water partition coefficient (Wildman–Crippen LogP) is 4.69. The van der Waals surface area contributed by atoms with Gasteiger partial charge in [-0.25, -0.2) is 9.97 Å². The third kappa shape index (κ3) is 2.73. The molecule has 4 nitrogen and oxygen atoms in total. The molecule has 0 unspecified atom stereocenters. The van der Waals surface area contributed by atoms with E-state index < -0.39 is 0 Å². The van der Waals surface area contributed by atoms with Gasteiger partial charge in [0, 0.05) is 35.6 Å². The van der Waals surface area contributed by atoms with E-state index in [0.29, 0.717) is 10.3 Å². The van der Waals surface area contributed by atoms with Crippen molar-refractivity contribution in [1.82, 2.24) is 18.7 Å². The fraction of sp³-hybridized carbons (Fsp3) is 0. The molecule has 4 heterocycles. The van der Waals surface area contributed by atoms with Crippen molar-refractivity contribution < 1.29 is 0 Å². The van der Waals surface area contributed by atoms with Crippen molar-refractivity contribution in [3.63, 3.8) is 0 Å². The molecule has 0 aliphatic rings. The van der Waals surface area contributed by atoms with Crippen LogP contribution in [0.4, 0.5) is 0 Å². The third-order valence-electron chi connectivity index (χ3n) is 2.45. The summed E-state index contributed by atoms with van der Waals surface area (Å²) in [5.41, 5.74) is 0. The highest BCUT2D eigenvalue weighted by Crippen LogP contribution is 2.24. The minimum Gasteiger partial charge on any atom is -0.243 e. The number of rotatable bonds is 0. The lowest BCUT2D eigenvalue weighted by Crippen LogP contribution is -1.70. The molecular weight excluding hydrogens is 335 g/mol. The minimum absolute atomic E-state index is 0.542. The maximum Gasteiger partial charge on any atom is 0.148 e. The highest BCUT2D eigenvalue weighted by molar-refractivity contribution is 7.14. The number of aromatic nitrogens is 4. The van der Waals surface area contributed by atoms with Gasteiger partial charge in [-0.05, 0) is 35.2 Å². The maximum absolute atomic E-state index is 5.76. The fourth-order valence-corrected chi connectivity index (χ4v) is 3.32. The van der Waals surface area contributed by atoms with Crippen LogP contribution < -0.4 is 0 Å². The van der Waals surface area contributed by atoms with Crippen molar-refractivity contribution in [2.24, 2.45) is 0 Å². The SMILES string of the molecule is Clc1nccc2cnsc12.Clc1nccc2cnsc12. The first-order chi connectivity index (χ1) is 9.75. The Morgan fingerprint density at radius 2 is 1.20 bits per heavy atom. The Bertz CT molecular complexity index is 787. The third-order valence-corrected chi connectivity index (χ3v) is 4.90. The van der Waals surface area contributed by atoms with Gasteiger partial charge in [0.15, 0.2) is 0 Å². The zero-order valence-electron chi connectivity index (χ0n) is 9.83. The molecule has 0 spiro atoms. The summed E-state index contributed by atoms with van der Waals surface area (Å²) in [4.78, 5) is 7.83. The Kier molecular flexibility index (Phi) is 4.07. The monoisotopic (exact) mass is 340 g/mol. The number of pyridine rings is 2. The first-order valence-electron chi connectivity index (χ1n) is 5.45. The molecule has 0 atom stereocenters. The molecule has 0 saturated carbocycles. The molecule has 20 heavy (non-hydrogen) atoms. The Balaban J connectivity index is 0.000000121. The molecule has 0 fully saturated rings. The van der Waals surface area contributed by atoms with Gasteiger partial charge >= 0.3 is 0 Å². The topological polar surface area (TPSA) is 51.6 Å². The van der Waals surface area contributed by atoms with E-state index in [9.17, 15) is 0 Å². The quantitative estimate of drug-likeness (QED) is 0.436. The molecule has 0 bridgehead atoms. The van der Waals surface area contributed by atoms with Gasteiger partial charge < -0.3 is 0 Å². The van der Waals surface area contributed by atoms with Gasteiger partial charge in [0.2, 0.25) is 0 Å². The molecule has 4 aromatic heterocycles. The van der Waals surface area contributed by atoms with Crippen molar-refractivity contribution in [3.8, 4) is 0 Å². The molecule has 0 N–H and O–H groups in total. The number of hydrogen-bond acceptors (Lipinski definition) is 6. The summed E-state index contributed by atoms with van der Waals surface area (Å²) in [6.07, 6.45) is 6.93. The summed E-state index contributed by atoms with van der Waals surface area (Å²) >= 11 is 14.3. The van der Waals surface area contributed by atoms with Crippen LogP contribution in [0.5, 0.6) is 0 Å². The normalized spacial score (nSPS) is 10.5. The number of nitrogens with zero attached hydrogens (tertiary/aromatic N) is 4. The molecule has 0 aliphatic carbocycles. The summed E-state index contributed by atoms with van der Waals surface area (Å²) in [6.45, 7) is 0. The van der Waals surface area contributed by atoms with Crippen molar-refractivity contribution in [2.75, 3.05) is 0 Å². The molecule has 8 heteroatoms. The minimum atomic E-state index is 0.542. The largest absolute Gasteiger partial charge is 0.243 e. The molecule has 0 radical (unpaired) electrons. The van der Waals surface area contributed by atoms with Crippen LogP contribution in [0.15, 0.2) is 36.9 Å². The second-order valence-electron chi connectivity index (χ2n) is 3.69. The van der Waals surface area contributed by atoms with Crippen molar-refractivity contribution >= 4 is 66.4 Å². The van der Waals surface area contributed by atoms with Crippen LogP contribution in [0.3, 0.4) is 0 Å². The Morgan fingerprint density at radius 1 is 0.750 bits per heavy atom. The van der Waals surface area contributed by atoms with E-state index in [4.69, 9.17) is 23.2 Å². The van der Waals surface area contributed by atoms with E-state index in [1.54, 1.807) is 24.8 Å². The molecule has 4 aromatic rings. The second kappa shape index (κ2) is 5.97. The molecule has 0 aromatic carbocycles. The van der Waals surface area contributed by atoms with Gasteiger partial charge in [0.25, 0.3) is 0 Å². The van der Waals surface area contributed by atoms with Gasteiger partial charge in [-0.2, -0.15) is 8.75 Å². The average Bonchev–Trinajstić information content (AvgIpc) is 3.08. The number of halogens is 2. The Morgan fingerprint density at radius 3 is 1.60 bits per heavy atom. The fourth-order valence-electron chi connectivity index (χ4n) is 1.53. The van der Waals surface area contributed by atoms with Crippen molar-refractivity contribution in [1.29, 1.82) is 0 Å². The van der Waals surface area contributed by atoms with Gasteiger partial charge in [-0.15, -0.1) is 0 Å². The summed E-state index contributed by atoms with van der Waals surface area (Å²) < 4.78 is 9.88. The average molecular weight is 341 g/mol. The molecular formula is C12H6Cl2N4S2. The van der Waals surface area contributed by atoms with Crippen molar-refractivity contribution in [3.05, 3.63) is 47.2 Å². The predicted molar refractivity (Wildman–Crippen MR) is 84.9 cm³/mol. The van der Waals surface area contributed by atoms with Crippen LogP contribution in [-0.2, 0) is 0 Å². The lowest BCUT2D eigenvalue weighted by atomic mass is 10.4. The molecule has 0 aliphatic heterocycles. The summed E-state index contributed by atoms with van der Waals surface area (Å²) in [5, 5.41) is 3.20. The van der Waals surface area contributed by atoms with E-state index in [0.717, 1.165) is 20.2 Å². The van der Waals surface area contributed by atoms with Gasteiger partial charge in [-0.3, -0.25) is 0 Å². The highest BCUT2D eigenvalue weighted by atomic mass is 35.5. The highest BCUT2D eigenvalue weighted by Gasteiger charge is 2.00. The van der Waals surface area contributed by atoms with E-state index in [1.807, 2.05) is 12.1 Å². The van der Waals surface area contributed by atoms with Crippen molar-refractivity contribution in [2.45, 2.75) is 0 Å². The standard InChI is InChI=1S/2C6H3ClN2S/c2*7-6-5-4(1-2-8-6)3-9-10-5/h2*1-3H. The number of fused-ring (bicyclic) bond motifs is 2. The van der Waals surface area contributed by atoms with Crippen LogP contribution in [0.2, 0.25) is 10.3 Å². The van der Waals surface area contributed by atoms with Gasteiger partial charge in [0.05, 0.1) is 9.40 Å². The molecule has 0 saturated heterocycles. The lowest BCUT2D eigenvalue weighted by Gasteiger charge is -1.86. The molecule has 4 rings (SSSR count). The van der Waals surface area contributed by atoms with E-state index >= 15 is 0 Å². The summed E-state index contributed by atoms with van der Waals surface area (Å²) in [6, 6.07) is 3.79. The maximum atomic E-state index is 5.76. The van der Waals surface area contributed by atoms with Crippen LogP contribution in [0.25, 0.3) is 20.2 Å². The van der Waals surface area contributed by atoms with E-state index in [2.05, 4.69) is 18.7 Å². The van der Waals surface area contributed by atoms with Crippen LogP contribution in [0, 0.1) is 0 Å². The number of hydrogen-bond donors (Lipinski definition) is 0. The Labute approximate surface area is 132 Å². The van der Waals surface area contributed by atoms with Gasteiger partial charge in [-0.1, -0.05) is 23.2 Å². The van der Waals surface area contributed by atoms with Crippen LogP contribution in [0.1, 0.15) is 0 Å². The summed E-state index contributed by atoms with van der Waals surface area (Å²) in [5.74, 6) is 0. The van der Waals surface area contributed by atoms with Crippen LogP contribution in [-0.4, -0.2) is 18.7 Å². The lowest BCUT2D eigenvalue weighted by molar-refractivity contribution is 1.37. The zero-order valence-corrected chi connectivity index (χ0v) is 13.0. The van der Waals surface area contributed by atoms with Crippen LogP contribution >= 0.6 is 46.3 Å². The molecule has 0 amide bonds. The first-order valence-corrected chi connectivity index (χ1v) is 7.76. The zero-order chi connectivity index (χ0) is 13.9. The van der Waals surface area contributed by atoms with E-state index in [-0.39, 0.29) is 0 Å².